The Balaban J connectivity index is 0.00000306. The molecule has 0 aromatic carbocycles. The number of thiazole rings is 1. The van der Waals surface area contributed by atoms with E-state index in [1.807, 2.05) is 6.92 Å². The maximum absolute atomic E-state index is 12.7. The third-order valence-electron chi connectivity index (χ3n) is 5.12. The van der Waals surface area contributed by atoms with E-state index in [0.29, 0.717) is 0 Å². The Morgan fingerprint density at radius 2 is 2.21 bits per heavy atom. The van der Waals surface area contributed by atoms with Gasteiger partial charge in [-0.25, -0.2) is 4.98 Å². The molecule has 16 heteroatoms. The molecule has 0 bridgehead atoms. The molecule has 2 saturated heterocycles. The number of nitrogens with one attached hydrogen (secondary N) is 1. The predicted molar refractivity (Wildman–Crippen MR) is 126 cm³/mol. The SMILES string of the molecule is Cc1ncsc1C=CC1(C(=O)O)CS[C@@H]2C(NC(=O)C(=NO)c3nsc(N)n3)C(=O)N2C1.[NaH]. The Bertz CT molecular complexity index is 1150. The Hall–Kier alpha value is -2.04. The first-order valence-corrected chi connectivity index (χ1v) is 11.8. The van der Waals surface area contributed by atoms with Crippen LogP contribution in [0.4, 0.5) is 5.13 Å². The summed E-state index contributed by atoms with van der Waals surface area (Å²) in [5, 5.41) is 24.2. The van der Waals surface area contributed by atoms with E-state index in [-0.39, 0.29) is 52.8 Å². The van der Waals surface area contributed by atoms with Crippen molar-refractivity contribution in [2.45, 2.75) is 18.3 Å². The van der Waals surface area contributed by atoms with Gasteiger partial charge in [-0.2, -0.15) is 9.36 Å². The number of nitrogens with two attached hydrogens (primary N) is 1. The number of aromatic nitrogens is 3. The molecule has 2 aromatic heterocycles. The predicted octanol–water partition coefficient (Wildman–Crippen LogP) is -0.401. The van der Waals surface area contributed by atoms with Gasteiger partial charge in [0.2, 0.25) is 17.4 Å². The number of oxime groups is 1. The van der Waals surface area contributed by atoms with Crippen LogP contribution in [-0.4, -0.2) is 106 Å². The van der Waals surface area contributed by atoms with Gasteiger partial charge in [-0.3, -0.25) is 14.4 Å². The summed E-state index contributed by atoms with van der Waals surface area (Å²) in [7, 11) is 0. The Kier molecular flexibility index (Phi) is 7.80. The van der Waals surface area contributed by atoms with E-state index < -0.39 is 40.3 Å². The van der Waals surface area contributed by atoms with E-state index in [2.05, 4.69) is 24.8 Å². The van der Waals surface area contributed by atoms with Crippen LogP contribution in [0.1, 0.15) is 16.4 Å². The van der Waals surface area contributed by atoms with Gasteiger partial charge < -0.3 is 26.3 Å². The van der Waals surface area contributed by atoms with Crippen molar-refractivity contribution < 1.29 is 24.7 Å². The van der Waals surface area contributed by atoms with Crippen LogP contribution in [-0.2, 0) is 14.4 Å². The quantitative estimate of drug-likeness (QED) is 0.129. The van der Waals surface area contributed by atoms with Gasteiger partial charge in [0.1, 0.15) is 16.8 Å². The van der Waals surface area contributed by atoms with Gasteiger partial charge in [-0.1, -0.05) is 11.2 Å². The molecule has 170 valence electrons. The normalized spacial score (nSPS) is 24.7. The number of hydrogen-bond donors (Lipinski definition) is 4. The van der Waals surface area contributed by atoms with Crippen molar-refractivity contribution in [1.82, 2.24) is 24.6 Å². The van der Waals surface area contributed by atoms with E-state index in [1.54, 1.807) is 17.7 Å². The summed E-state index contributed by atoms with van der Waals surface area (Å²) in [5.41, 5.74) is 6.24. The first-order chi connectivity index (χ1) is 15.3. The van der Waals surface area contributed by atoms with Crippen molar-refractivity contribution in [3.8, 4) is 0 Å². The van der Waals surface area contributed by atoms with Gasteiger partial charge in [0.05, 0.1) is 11.2 Å². The molecule has 5 N–H and O–H groups in total. The second kappa shape index (κ2) is 10.1. The number of β-lactam (4-membered cyclic amide) rings is 1. The standard InChI is InChI=1S/C17H17N7O5S3.Na.H/c1-7-8(31-6-19-7)2-3-17(15(27)28)4-24-13(26)10(14(24)30-5-17)20-12(25)9(22-29)11-21-16(18)32-23-11;;/h2-3,6,10,14,29H,4-5H2,1H3,(H,20,25)(H,27,28)(H2,18,21,23);;/t10?,14-,17?;;/m1../s1. The van der Waals surface area contributed by atoms with Crippen LogP contribution in [0, 0.1) is 12.3 Å². The minimum absolute atomic E-state index is 0. The molecule has 0 spiro atoms. The van der Waals surface area contributed by atoms with Crippen molar-refractivity contribution in [3.05, 3.63) is 28.0 Å². The zero-order valence-corrected chi connectivity index (χ0v) is 18.9. The Morgan fingerprint density at radius 1 is 1.45 bits per heavy atom. The van der Waals surface area contributed by atoms with Crippen LogP contribution >= 0.6 is 34.6 Å². The third-order valence-corrected chi connectivity index (χ3v) is 8.11. The van der Waals surface area contributed by atoms with E-state index in [0.717, 1.165) is 22.1 Å². The Morgan fingerprint density at radius 3 is 2.79 bits per heavy atom. The number of carbonyl (C=O) groups is 3. The molecule has 2 unspecified atom stereocenters. The number of aliphatic carboxylic acids is 1. The van der Waals surface area contributed by atoms with Crippen LogP contribution < -0.4 is 11.1 Å². The number of nitrogen functional groups attached to an aromatic ring is 1. The van der Waals surface area contributed by atoms with E-state index in [1.165, 1.54) is 28.0 Å². The number of amides is 2. The summed E-state index contributed by atoms with van der Waals surface area (Å²) in [5.74, 6) is -2.24. The van der Waals surface area contributed by atoms with Crippen LogP contribution in [0.2, 0.25) is 0 Å². The number of carboxylic acid groups (broad SMARTS) is 1. The number of fused-ring (bicyclic) bond motifs is 1. The van der Waals surface area contributed by atoms with Gasteiger partial charge in [0.25, 0.3) is 5.91 Å². The molecule has 0 aliphatic carbocycles. The number of carbonyl (C=O) groups excluding carboxylic acids is 2. The van der Waals surface area contributed by atoms with Crippen LogP contribution in [0.15, 0.2) is 16.7 Å². The zero-order valence-electron chi connectivity index (χ0n) is 16.5. The fraction of sp³-hybridized carbons (Fsp3) is 0.353. The van der Waals surface area contributed by atoms with Crippen molar-refractivity contribution in [3.63, 3.8) is 0 Å². The Labute approximate surface area is 221 Å². The average molecular weight is 520 g/mol. The van der Waals surface area contributed by atoms with E-state index >= 15 is 0 Å². The first kappa shape index (κ1) is 25.6. The minimum atomic E-state index is -1.26. The maximum atomic E-state index is 12.7. The summed E-state index contributed by atoms with van der Waals surface area (Å²) in [6.07, 6.45) is 3.33. The van der Waals surface area contributed by atoms with Crippen molar-refractivity contribution >= 4 is 98.9 Å². The number of aryl methyl sites for hydroxylation is 1. The zero-order chi connectivity index (χ0) is 23.0. The average Bonchev–Trinajstić information content (AvgIpc) is 3.38. The molecule has 2 aliphatic rings. The number of rotatable bonds is 6. The molecule has 2 aliphatic heterocycles. The monoisotopic (exact) mass is 519 g/mol. The van der Waals surface area contributed by atoms with Gasteiger partial charge in [-0.05, 0) is 13.0 Å². The van der Waals surface area contributed by atoms with Gasteiger partial charge in [0.15, 0.2) is 5.13 Å². The molecule has 2 amide bonds. The van der Waals surface area contributed by atoms with E-state index in [4.69, 9.17) is 5.73 Å². The number of carboxylic acids is 1. The third kappa shape index (κ3) is 4.79. The van der Waals surface area contributed by atoms with E-state index in [9.17, 15) is 24.7 Å². The molecule has 2 fully saturated rings. The summed E-state index contributed by atoms with van der Waals surface area (Å²) in [6, 6.07) is -0.889. The molecular formula is C17H18N7NaO5S3. The van der Waals surface area contributed by atoms with Gasteiger partial charge in [-0.15, -0.1) is 23.1 Å². The molecular weight excluding hydrogens is 501 g/mol. The molecule has 12 nitrogen and oxygen atoms in total. The van der Waals surface area contributed by atoms with Crippen LogP contribution in [0.25, 0.3) is 6.08 Å². The molecule has 4 heterocycles. The summed E-state index contributed by atoms with van der Waals surface area (Å²) in [6.45, 7) is 1.81. The molecule has 2 aromatic rings. The van der Waals surface area contributed by atoms with Crippen molar-refractivity contribution in [2.75, 3.05) is 18.0 Å². The summed E-state index contributed by atoms with van der Waals surface area (Å²) >= 11 is 3.49. The van der Waals surface area contributed by atoms with Crippen LogP contribution in [0.3, 0.4) is 0 Å². The number of thioether (sulfide) groups is 1. The molecule has 3 atom stereocenters. The fourth-order valence-corrected chi connectivity index (χ4v) is 5.98. The molecule has 0 saturated carbocycles. The van der Waals surface area contributed by atoms with Crippen LogP contribution in [0.5, 0.6) is 0 Å². The topological polar surface area (TPSA) is 184 Å². The first-order valence-electron chi connectivity index (χ1n) is 9.13. The second-order valence-corrected chi connectivity index (χ2v) is 9.90. The summed E-state index contributed by atoms with van der Waals surface area (Å²) < 4.78 is 3.82. The number of anilines is 1. The second-order valence-electron chi connectivity index (χ2n) is 7.12. The molecule has 0 radical (unpaired) electrons. The number of hydrogen-bond acceptors (Lipinski definition) is 12. The summed E-state index contributed by atoms with van der Waals surface area (Å²) in [4.78, 5) is 47.5. The van der Waals surface area contributed by atoms with Crippen molar-refractivity contribution in [2.24, 2.45) is 10.6 Å². The fourth-order valence-electron chi connectivity index (χ4n) is 3.33. The van der Waals surface area contributed by atoms with Gasteiger partial charge in [0, 0.05) is 28.7 Å². The molecule has 4 rings (SSSR count). The molecule has 33 heavy (non-hydrogen) atoms. The number of nitrogens with zero attached hydrogens (tertiary/aromatic N) is 5. The van der Waals surface area contributed by atoms with Crippen molar-refractivity contribution in [1.29, 1.82) is 0 Å². The van der Waals surface area contributed by atoms with Gasteiger partial charge >= 0.3 is 35.5 Å².